The van der Waals surface area contributed by atoms with Gasteiger partial charge in [0.1, 0.15) is 16.9 Å². The molecular formula is C31H38N4O8. The number of fused-ring (bicyclic) bond motifs is 1. The van der Waals surface area contributed by atoms with Crippen molar-refractivity contribution in [1.82, 2.24) is 10.3 Å². The Balaban J connectivity index is 2.56. The third-order valence-corrected chi connectivity index (χ3v) is 6.75. The van der Waals surface area contributed by atoms with Crippen LogP contribution in [0.3, 0.4) is 0 Å². The highest BCUT2D eigenvalue weighted by Crippen LogP contribution is 2.54. The summed E-state index contributed by atoms with van der Waals surface area (Å²) in [6, 6.07) is 6.54. The number of carboxylic acid groups (broad SMARTS) is 1. The molecule has 0 spiro atoms. The van der Waals surface area contributed by atoms with E-state index in [9.17, 15) is 24.8 Å². The van der Waals surface area contributed by atoms with Gasteiger partial charge < -0.3 is 34.3 Å². The summed E-state index contributed by atoms with van der Waals surface area (Å²) in [5, 5.41) is 23.3. The summed E-state index contributed by atoms with van der Waals surface area (Å²) >= 11 is 0. The molecule has 0 fully saturated rings. The maximum Gasteiger partial charge on any atom is 0.408 e. The molecule has 0 radical (unpaired) electrons. The molecule has 0 saturated carbocycles. The Labute approximate surface area is 251 Å². The van der Waals surface area contributed by atoms with Crippen molar-refractivity contribution in [3.8, 4) is 17.7 Å². The van der Waals surface area contributed by atoms with Crippen LogP contribution in [-0.4, -0.2) is 60.6 Å². The molecule has 2 N–H and O–H groups in total. The Bertz CT molecular complexity index is 1490. The minimum absolute atomic E-state index is 0.0457. The van der Waals surface area contributed by atoms with Crippen molar-refractivity contribution in [1.29, 1.82) is 5.26 Å². The Kier molecular flexibility index (Phi) is 9.91. The fourth-order valence-corrected chi connectivity index (χ4v) is 5.23. The molecule has 1 aromatic carbocycles. The lowest BCUT2D eigenvalue weighted by Gasteiger charge is -2.46. The molecule has 12 heteroatoms. The third kappa shape index (κ3) is 6.51. The molecule has 0 bridgehead atoms. The van der Waals surface area contributed by atoms with Gasteiger partial charge in [-0.25, -0.2) is 14.6 Å². The number of anilines is 1. The summed E-state index contributed by atoms with van der Waals surface area (Å²) in [6.07, 6.45) is 0.616. The van der Waals surface area contributed by atoms with E-state index in [1.165, 1.54) is 25.3 Å². The standard InChI is InChI=1S/C31H38N4O8/c1-9-41-23(36)13-14-35-19(4)24(28(37)38)31(34-29(39)43-30(5,6)7,21-12-11-20(16-32)15-22(21)40-8)25-26(35)18(3)17-33-27(25)42-10-2/h11-12,15,17H,9-10,13-14H2,1-8H3,(H,34,39)(H,37,38). The first kappa shape index (κ1) is 32.7. The van der Waals surface area contributed by atoms with Gasteiger partial charge in [0.2, 0.25) is 5.88 Å². The maximum absolute atomic E-state index is 13.7. The summed E-state index contributed by atoms with van der Waals surface area (Å²) in [7, 11) is 1.38. The minimum atomic E-state index is -1.99. The number of hydrogen-bond acceptors (Lipinski definition) is 10. The SMILES string of the molecule is CCOC(=O)CCN1C(C)=C(C(=O)O)C(NC(=O)OC(C)(C)C)(c2ccc(C#N)cc2OC)c2c(OCC)ncc(C)c21. The number of carbonyl (C=O) groups is 3. The molecule has 230 valence electrons. The summed E-state index contributed by atoms with van der Waals surface area (Å²) in [5.74, 6) is -1.63. The number of hydrogen-bond donors (Lipinski definition) is 2. The zero-order valence-corrected chi connectivity index (χ0v) is 25.8. The van der Waals surface area contributed by atoms with Crippen LogP contribution >= 0.6 is 0 Å². The van der Waals surface area contributed by atoms with Crippen molar-refractivity contribution >= 4 is 23.7 Å². The topological polar surface area (TPSA) is 160 Å². The second kappa shape index (κ2) is 13.0. The lowest BCUT2D eigenvalue weighted by Crippen LogP contribution is -2.55. The van der Waals surface area contributed by atoms with E-state index >= 15 is 0 Å². The Hall–Kier alpha value is -4.79. The largest absolute Gasteiger partial charge is 0.496 e. The van der Waals surface area contributed by atoms with E-state index in [1.54, 1.807) is 59.6 Å². The highest BCUT2D eigenvalue weighted by molar-refractivity contribution is 5.98. The van der Waals surface area contributed by atoms with Gasteiger partial charge in [0.15, 0.2) is 0 Å². The fourth-order valence-electron chi connectivity index (χ4n) is 5.23. The van der Waals surface area contributed by atoms with Gasteiger partial charge in [-0.15, -0.1) is 0 Å². The molecule has 43 heavy (non-hydrogen) atoms. The van der Waals surface area contributed by atoms with Gasteiger partial charge in [-0.1, -0.05) is 6.07 Å². The highest BCUT2D eigenvalue weighted by Gasteiger charge is 2.54. The first-order valence-corrected chi connectivity index (χ1v) is 13.9. The normalized spacial score (nSPS) is 16.1. The van der Waals surface area contributed by atoms with Crippen LogP contribution in [0.5, 0.6) is 11.6 Å². The van der Waals surface area contributed by atoms with Crippen LogP contribution in [0.15, 0.2) is 35.7 Å². The molecule has 1 amide bonds. The number of carbonyl (C=O) groups excluding carboxylic acids is 2. The first-order chi connectivity index (χ1) is 20.2. The van der Waals surface area contributed by atoms with Crippen LogP contribution in [-0.2, 0) is 24.6 Å². The number of aliphatic carboxylic acids is 1. The average Bonchev–Trinajstić information content (AvgIpc) is 2.92. The van der Waals surface area contributed by atoms with Crippen LogP contribution in [0.25, 0.3) is 0 Å². The quantitative estimate of drug-likeness (QED) is 0.371. The van der Waals surface area contributed by atoms with E-state index < -0.39 is 29.2 Å². The van der Waals surface area contributed by atoms with Gasteiger partial charge in [0.05, 0.1) is 55.2 Å². The van der Waals surface area contributed by atoms with Crippen molar-refractivity contribution in [3.63, 3.8) is 0 Å². The van der Waals surface area contributed by atoms with Crippen LogP contribution in [0.1, 0.15) is 70.2 Å². The first-order valence-electron chi connectivity index (χ1n) is 13.9. The summed E-state index contributed by atoms with van der Waals surface area (Å²) in [5.41, 5.74) is -1.18. The number of aryl methyl sites for hydroxylation is 1. The monoisotopic (exact) mass is 594 g/mol. The van der Waals surface area contributed by atoms with Crippen molar-refractivity contribution in [3.05, 3.63) is 57.9 Å². The van der Waals surface area contributed by atoms with Crippen molar-refractivity contribution in [2.45, 2.75) is 66.0 Å². The summed E-state index contributed by atoms with van der Waals surface area (Å²) < 4.78 is 22.5. The number of carboxylic acids is 1. The number of aromatic nitrogens is 1. The number of ether oxygens (including phenoxy) is 4. The van der Waals surface area contributed by atoms with Gasteiger partial charge in [-0.05, 0) is 66.2 Å². The number of pyridine rings is 1. The van der Waals surface area contributed by atoms with E-state index in [0.717, 1.165) is 0 Å². The number of rotatable bonds is 10. The number of amides is 1. The molecular weight excluding hydrogens is 556 g/mol. The summed E-state index contributed by atoms with van der Waals surface area (Å²) in [4.78, 5) is 45.6. The van der Waals surface area contributed by atoms with E-state index in [4.69, 9.17) is 18.9 Å². The lowest BCUT2D eigenvalue weighted by atomic mass is 9.71. The lowest BCUT2D eigenvalue weighted by molar-refractivity contribution is -0.142. The van der Waals surface area contributed by atoms with E-state index in [0.29, 0.717) is 11.3 Å². The van der Waals surface area contributed by atoms with E-state index in [-0.39, 0.29) is 65.8 Å². The second-order valence-corrected chi connectivity index (χ2v) is 10.8. The third-order valence-electron chi connectivity index (χ3n) is 6.75. The molecule has 12 nitrogen and oxygen atoms in total. The molecule has 3 rings (SSSR count). The number of esters is 1. The molecule has 1 aliphatic heterocycles. The fraction of sp³-hybridized carbons (Fsp3) is 0.452. The predicted octanol–water partition coefficient (Wildman–Crippen LogP) is 4.57. The minimum Gasteiger partial charge on any atom is -0.496 e. The number of methoxy groups -OCH3 is 1. The van der Waals surface area contributed by atoms with Crippen molar-refractivity contribution in [2.24, 2.45) is 0 Å². The van der Waals surface area contributed by atoms with Gasteiger partial charge >= 0.3 is 18.0 Å². The zero-order valence-electron chi connectivity index (χ0n) is 25.8. The Morgan fingerprint density at radius 3 is 2.42 bits per heavy atom. The second-order valence-electron chi connectivity index (χ2n) is 10.8. The number of nitrogens with one attached hydrogen (secondary N) is 1. The Morgan fingerprint density at radius 2 is 1.86 bits per heavy atom. The number of nitrogens with zero attached hydrogens (tertiary/aromatic N) is 3. The van der Waals surface area contributed by atoms with Crippen molar-refractivity contribution < 1.29 is 38.4 Å². The molecule has 2 heterocycles. The van der Waals surface area contributed by atoms with E-state index in [1.807, 2.05) is 0 Å². The van der Waals surface area contributed by atoms with Gasteiger partial charge in [-0.2, -0.15) is 5.26 Å². The maximum atomic E-state index is 13.7. The highest BCUT2D eigenvalue weighted by atomic mass is 16.6. The van der Waals surface area contributed by atoms with Gasteiger partial charge in [-0.3, -0.25) is 4.79 Å². The smallest absolute Gasteiger partial charge is 0.408 e. The number of alkyl carbamates (subject to hydrolysis) is 1. The molecule has 1 aromatic heterocycles. The van der Waals surface area contributed by atoms with Crippen LogP contribution < -0.4 is 19.7 Å². The Morgan fingerprint density at radius 1 is 1.16 bits per heavy atom. The molecule has 0 saturated heterocycles. The number of benzene rings is 1. The zero-order chi connectivity index (χ0) is 32.1. The average molecular weight is 595 g/mol. The molecule has 1 atom stereocenters. The van der Waals surface area contributed by atoms with Gasteiger partial charge in [0, 0.05) is 24.0 Å². The molecule has 2 aromatic rings. The number of nitriles is 1. The predicted molar refractivity (Wildman–Crippen MR) is 157 cm³/mol. The van der Waals surface area contributed by atoms with Crippen molar-refractivity contribution in [2.75, 3.05) is 31.8 Å². The molecule has 1 aliphatic rings. The molecule has 1 unspecified atom stereocenters. The van der Waals surface area contributed by atoms with Crippen LogP contribution in [0.4, 0.5) is 10.5 Å². The van der Waals surface area contributed by atoms with E-state index in [2.05, 4.69) is 16.4 Å². The molecule has 0 aliphatic carbocycles. The van der Waals surface area contributed by atoms with Crippen LogP contribution in [0, 0.1) is 18.3 Å². The number of allylic oxidation sites excluding steroid dienone is 1. The summed E-state index contributed by atoms with van der Waals surface area (Å²) in [6.45, 7) is 12.3. The van der Waals surface area contributed by atoms with Crippen LogP contribution in [0.2, 0.25) is 0 Å². The van der Waals surface area contributed by atoms with Gasteiger partial charge in [0.25, 0.3) is 0 Å².